The maximum Gasteiger partial charge on any atom is 0.497 e. The first kappa shape index (κ1) is 35.4. The van der Waals surface area contributed by atoms with Crippen molar-refractivity contribution in [1.82, 2.24) is 10.6 Å². The van der Waals surface area contributed by atoms with Gasteiger partial charge in [0.1, 0.15) is 24.7 Å². The highest BCUT2D eigenvalue weighted by Crippen LogP contribution is 2.39. The summed E-state index contributed by atoms with van der Waals surface area (Å²) in [7, 11) is 0. The summed E-state index contributed by atoms with van der Waals surface area (Å²) in [5, 5.41) is 5.98. The summed E-state index contributed by atoms with van der Waals surface area (Å²) in [6.07, 6.45) is -4.13. The van der Waals surface area contributed by atoms with Crippen LogP contribution in [-0.4, -0.2) is 67.5 Å². The Hall–Kier alpha value is -3.88. The van der Waals surface area contributed by atoms with Crippen LogP contribution in [0, 0.1) is 17.6 Å². The third-order valence-electron chi connectivity index (χ3n) is 8.77. The third-order valence-corrected chi connectivity index (χ3v) is 9.30. The Labute approximate surface area is 282 Å². The van der Waals surface area contributed by atoms with E-state index in [4.69, 9.17) is 9.57 Å². The number of hydrogen-bond acceptors (Lipinski definition) is 5. The van der Waals surface area contributed by atoms with Crippen LogP contribution >= 0.6 is 15.9 Å². The fraction of sp³-hybridized carbons (Fsp3) is 0.382. The standard InChI is InChI=1S/C34H33BrF5N3O5/c35-24-7-1-21(2-8-24)29-19-27(41-30(44)20-43(15-17-47-18-16-43)48-33(46)34(38,39)40)13-14-28(29)32(45)42-31(22-3-9-25(36)10-4-22)23-5-11-26(37)12-6-23/h1-12,27-29,31H,13-20H2,(H-,41,42,44,45)/p+1/t27-,28-,29+/m1/s1. The van der Waals surface area contributed by atoms with E-state index in [0.717, 1.165) is 10.0 Å². The van der Waals surface area contributed by atoms with Crippen molar-refractivity contribution in [1.29, 1.82) is 0 Å². The smallest absolute Gasteiger partial charge is 0.369 e. The molecule has 0 radical (unpaired) electrons. The molecule has 1 aliphatic carbocycles. The van der Waals surface area contributed by atoms with Crippen molar-refractivity contribution in [2.24, 2.45) is 5.92 Å². The maximum absolute atomic E-state index is 14.0. The lowest BCUT2D eigenvalue weighted by atomic mass is 9.73. The highest BCUT2D eigenvalue weighted by atomic mass is 79.9. The molecule has 48 heavy (non-hydrogen) atoms. The first-order valence-corrected chi connectivity index (χ1v) is 16.2. The number of quaternary nitrogens is 1. The average molecular weight is 740 g/mol. The van der Waals surface area contributed by atoms with Crippen LogP contribution in [-0.2, 0) is 24.0 Å². The summed E-state index contributed by atoms with van der Waals surface area (Å²) in [5.41, 5.74) is 2.04. The van der Waals surface area contributed by atoms with Crippen molar-refractivity contribution in [3.05, 3.63) is 106 Å². The predicted octanol–water partition coefficient (Wildman–Crippen LogP) is 5.87. The molecule has 3 aromatic rings. The van der Waals surface area contributed by atoms with Crippen LogP contribution in [0.2, 0.25) is 0 Å². The van der Waals surface area contributed by atoms with Crippen molar-refractivity contribution in [3.63, 3.8) is 0 Å². The Morgan fingerprint density at radius 3 is 1.98 bits per heavy atom. The largest absolute Gasteiger partial charge is 0.497 e. The van der Waals surface area contributed by atoms with Gasteiger partial charge >= 0.3 is 12.1 Å². The molecular weight excluding hydrogens is 705 g/mol. The van der Waals surface area contributed by atoms with Crippen molar-refractivity contribution in [2.45, 2.75) is 43.4 Å². The Morgan fingerprint density at radius 2 is 1.44 bits per heavy atom. The Balaban J connectivity index is 1.34. The lowest BCUT2D eigenvalue weighted by Gasteiger charge is -2.39. The Kier molecular flexibility index (Phi) is 11.2. The molecule has 1 saturated heterocycles. The van der Waals surface area contributed by atoms with Crippen LogP contribution < -0.4 is 10.6 Å². The van der Waals surface area contributed by atoms with E-state index in [1.807, 2.05) is 24.3 Å². The quantitative estimate of drug-likeness (QED) is 0.212. The number of benzene rings is 3. The second-order valence-corrected chi connectivity index (χ2v) is 13.0. The molecule has 2 amide bonds. The fourth-order valence-electron chi connectivity index (χ4n) is 6.33. The molecule has 256 valence electrons. The molecule has 1 aliphatic heterocycles. The molecule has 0 bridgehead atoms. The molecule has 1 heterocycles. The first-order valence-electron chi connectivity index (χ1n) is 15.4. The number of rotatable bonds is 9. The van der Waals surface area contributed by atoms with Crippen molar-refractivity contribution < 1.29 is 50.6 Å². The molecule has 1 saturated carbocycles. The van der Waals surface area contributed by atoms with Gasteiger partial charge in [0, 0.05) is 16.4 Å². The number of carbonyl (C=O) groups excluding carboxylic acids is 3. The van der Waals surface area contributed by atoms with Gasteiger partial charge in [-0.2, -0.15) is 13.2 Å². The lowest BCUT2D eigenvalue weighted by molar-refractivity contribution is -1.09. The zero-order valence-corrected chi connectivity index (χ0v) is 27.2. The molecule has 2 N–H and O–H groups in total. The zero-order chi connectivity index (χ0) is 34.5. The van der Waals surface area contributed by atoms with Crippen molar-refractivity contribution in [3.8, 4) is 0 Å². The van der Waals surface area contributed by atoms with Gasteiger partial charge in [-0.05, 0) is 78.3 Å². The van der Waals surface area contributed by atoms with Gasteiger partial charge < -0.3 is 15.4 Å². The van der Waals surface area contributed by atoms with E-state index in [1.165, 1.54) is 24.3 Å². The summed E-state index contributed by atoms with van der Waals surface area (Å²) < 4.78 is 71.9. The number of carbonyl (C=O) groups is 3. The molecule has 0 spiro atoms. The number of alkyl halides is 3. The number of halogens is 6. The van der Waals surface area contributed by atoms with Crippen molar-refractivity contribution >= 4 is 33.7 Å². The Bertz CT molecular complexity index is 1540. The van der Waals surface area contributed by atoms with Gasteiger partial charge in [-0.25, -0.2) is 13.6 Å². The summed E-state index contributed by atoms with van der Waals surface area (Å²) in [6.45, 7) is -0.728. The van der Waals surface area contributed by atoms with Crippen LogP contribution in [0.25, 0.3) is 0 Å². The van der Waals surface area contributed by atoms with Gasteiger partial charge in [0.2, 0.25) is 5.91 Å². The maximum atomic E-state index is 14.0. The second kappa shape index (κ2) is 15.1. The first-order chi connectivity index (χ1) is 22.8. The molecule has 14 heteroatoms. The van der Waals surface area contributed by atoms with E-state index in [0.29, 0.717) is 30.4 Å². The number of morpholine rings is 1. The molecule has 2 fully saturated rings. The van der Waals surface area contributed by atoms with E-state index in [2.05, 4.69) is 26.6 Å². The molecule has 8 nitrogen and oxygen atoms in total. The molecule has 2 aliphatic rings. The monoisotopic (exact) mass is 738 g/mol. The normalized spacial score (nSPS) is 20.9. The van der Waals surface area contributed by atoms with Crippen LogP contribution in [0.15, 0.2) is 77.3 Å². The van der Waals surface area contributed by atoms with Gasteiger partial charge in [-0.15, -0.1) is 4.65 Å². The average Bonchev–Trinajstić information content (AvgIpc) is 3.04. The molecular formula is C34H34BrF5N3O5+. The SMILES string of the molecule is O=C(C[N+]1(OC(=O)C(F)(F)F)CCOCC1)N[C@@H]1CC[C@@H](C(=O)NC(c2ccc(F)cc2)c2ccc(F)cc2)[C@H](c2ccc(Br)cc2)C1. The third kappa shape index (κ3) is 8.97. The minimum Gasteiger partial charge on any atom is -0.369 e. The molecule has 0 aromatic heterocycles. The predicted molar refractivity (Wildman–Crippen MR) is 167 cm³/mol. The molecule has 3 aromatic carbocycles. The van der Waals surface area contributed by atoms with E-state index in [9.17, 15) is 36.3 Å². The van der Waals surface area contributed by atoms with E-state index >= 15 is 0 Å². The summed E-state index contributed by atoms with van der Waals surface area (Å²) in [4.78, 5) is 43.8. The minimum atomic E-state index is -5.22. The molecule has 5 rings (SSSR count). The zero-order valence-electron chi connectivity index (χ0n) is 25.7. The summed E-state index contributed by atoms with van der Waals surface area (Å²) >= 11 is 3.43. The van der Waals surface area contributed by atoms with E-state index in [-0.39, 0.29) is 38.1 Å². The lowest BCUT2D eigenvalue weighted by Crippen LogP contribution is -2.61. The van der Waals surface area contributed by atoms with Gasteiger partial charge in [0.25, 0.3) is 5.91 Å². The van der Waals surface area contributed by atoms with Crippen LogP contribution in [0.4, 0.5) is 22.0 Å². The Morgan fingerprint density at radius 1 is 0.875 bits per heavy atom. The number of hydroxylamine groups is 3. The van der Waals surface area contributed by atoms with E-state index in [1.54, 1.807) is 24.3 Å². The minimum absolute atomic E-state index is 0.0150. The van der Waals surface area contributed by atoms with Gasteiger partial charge in [0.05, 0.1) is 19.3 Å². The number of ether oxygens (including phenoxy) is 1. The summed E-state index contributed by atoms with van der Waals surface area (Å²) in [5.74, 6) is -5.07. The number of nitrogens with zero attached hydrogens (tertiary/aromatic N) is 1. The highest BCUT2D eigenvalue weighted by molar-refractivity contribution is 9.10. The summed E-state index contributed by atoms with van der Waals surface area (Å²) in [6, 6.07) is 17.6. The van der Waals surface area contributed by atoms with E-state index < -0.39 is 58.9 Å². The van der Waals surface area contributed by atoms with Crippen LogP contribution in [0.5, 0.6) is 0 Å². The second-order valence-electron chi connectivity index (χ2n) is 12.0. The molecule has 3 atom stereocenters. The molecule has 0 unspecified atom stereocenters. The van der Waals surface area contributed by atoms with Gasteiger partial charge in [-0.3, -0.25) is 14.4 Å². The van der Waals surface area contributed by atoms with Gasteiger partial charge in [0.15, 0.2) is 6.54 Å². The van der Waals surface area contributed by atoms with Crippen LogP contribution in [0.1, 0.15) is 47.9 Å². The van der Waals surface area contributed by atoms with Crippen molar-refractivity contribution in [2.75, 3.05) is 32.8 Å². The van der Waals surface area contributed by atoms with Crippen LogP contribution in [0.3, 0.4) is 0 Å². The number of amides is 2. The topological polar surface area (TPSA) is 93.7 Å². The number of nitrogens with one attached hydrogen (secondary N) is 2. The fourth-order valence-corrected chi connectivity index (χ4v) is 6.60. The van der Waals surface area contributed by atoms with Gasteiger partial charge in [-0.1, -0.05) is 52.3 Å². The highest BCUT2D eigenvalue weighted by Gasteiger charge is 2.49. The number of hydrogen-bond donors (Lipinski definition) is 2.